The van der Waals surface area contributed by atoms with Gasteiger partial charge in [0.05, 0.1) is 6.10 Å². The number of rotatable bonds is 5. The van der Waals surface area contributed by atoms with E-state index in [9.17, 15) is 0 Å². The van der Waals surface area contributed by atoms with E-state index in [0.29, 0.717) is 30.5 Å². The Bertz CT molecular complexity index is 132. The van der Waals surface area contributed by atoms with Crippen LogP contribution in [0.2, 0.25) is 0 Å². The largest absolute Gasteiger partial charge is 0.396 e. The smallest absolute Gasteiger partial charge is 0.0597 e. The molecule has 1 aliphatic carbocycles. The van der Waals surface area contributed by atoms with E-state index in [1.165, 1.54) is 6.42 Å². The van der Waals surface area contributed by atoms with Gasteiger partial charge < -0.3 is 9.84 Å². The lowest BCUT2D eigenvalue weighted by molar-refractivity contribution is 0.0439. The third kappa shape index (κ3) is 1.99. The standard InChI is InChI=1S/C10H20O2/c1-4-10(12-3)7(2)9-5-8(9)6-11/h7-11H,4-6H2,1-3H3/t7-,8+,9+,10-/m0/s1. The third-order valence-corrected chi connectivity index (χ3v) is 3.18. The normalized spacial score (nSPS) is 33.0. The topological polar surface area (TPSA) is 29.5 Å². The van der Waals surface area contributed by atoms with Crippen molar-refractivity contribution in [3.8, 4) is 0 Å². The maximum Gasteiger partial charge on any atom is 0.0597 e. The van der Waals surface area contributed by atoms with Crippen LogP contribution >= 0.6 is 0 Å². The second kappa shape index (κ2) is 4.24. The van der Waals surface area contributed by atoms with E-state index in [1.807, 2.05) is 0 Å². The highest BCUT2D eigenvalue weighted by Gasteiger charge is 2.42. The van der Waals surface area contributed by atoms with Gasteiger partial charge in [0.15, 0.2) is 0 Å². The molecule has 1 rings (SSSR count). The minimum atomic E-state index is 0.356. The highest BCUT2D eigenvalue weighted by molar-refractivity contribution is 4.91. The molecule has 0 unspecified atom stereocenters. The van der Waals surface area contributed by atoms with Gasteiger partial charge in [-0.05, 0) is 30.6 Å². The first-order valence-corrected chi connectivity index (χ1v) is 4.88. The van der Waals surface area contributed by atoms with Crippen molar-refractivity contribution < 1.29 is 9.84 Å². The first kappa shape index (κ1) is 10.0. The number of methoxy groups -OCH3 is 1. The number of aliphatic hydroxyl groups excluding tert-OH is 1. The van der Waals surface area contributed by atoms with Crippen molar-refractivity contribution in [3.63, 3.8) is 0 Å². The monoisotopic (exact) mass is 172 g/mol. The fourth-order valence-corrected chi connectivity index (χ4v) is 2.15. The molecule has 2 heteroatoms. The highest BCUT2D eigenvalue weighted by atomic mass is 16.5. The Kier molecular flexibility index (Phi) is 3.53. The van der Waals surface area contributed by atoms with Gasteiger partial charge in [-0.1, -0.05) is 13.8 Å². The van der Waals surface area contributed by atoms with Gasteiger partial charge in [-0.2, -0.15) is 0 Å². The van der Waals surface area contributed by atoms with Crippen LogP contribution < -0.4 is 0 Å². The molecular weight excluding hydrogens is 152 g/mol. The lowest BCUT2D eigenvalue weighted by Crippen LogP contribution is -2.22. The predicted molar refractivity (Wildman–Crippen MR) is 48.9 cm³/mol. The predicted octanol–water partition coefficient (Wildman–Crippen LogP) is 1.68. The summed E-state index contributed by atoms with van der Waals surface area (Å²) in [5.41, 5.74) is 0. The van der Waals surface area contributed by atoms with Crippen molar-refractivity contribution in [1.82, 2.24) is 0 Å². The van der Waals surface area contributed by atoms with Crippen LogP contribution in [0.15, 0.2) is 0 Å². The molecule has 1 fully saturated rings. The molecule has 1 aliphatic rings. The van der Waals surface area contributed by atoms with Crippen LogP contribution in [0.1, 0.15) is 26.7 Å². The van der Waals surface area contributed by atoms with Gasteiger partial charge in [-0.3, -0.25) is 0 Å². The molecule has 0 aliphatic heterocycles. The third-order valence-electron chi connectivity index (χ3n) is 3.18. The molecule has 4 atom stereocenters. The minimum Gasteiger partial charge on any atom is -0.396 e. The van der Waals surface area contributed by atoms with Crippen LogP contribution in [0, 0.1) is 17.8 Å². The summed E-state index contributed by atoms with van der Waals surface area (Å²) >= 11 is 0. The van der Waals surface area contributed by atoms with Gasteiger partial charge in [0, 0.05) is 13.7 Å². The van der Waals surface area contributed by atoms with Gasteiger partial charge >= 0.3 is 0 Å². The molecule has 1 N–H and O–H groups in total. The zero-order valence-electron chi connectivity index (χ0n) is 8.29. The van der Waals surface area contributed by atoms with Gasteiger partial charge in [0.25, 0.3) is 0 Å². The van der Waals surface area contributed by atoms with Crippen LogP contribution in [-0.2, 0) is 4.74 Å². The maximum absolute atomic E-state index is 8.91. The molecule has 0 aromatic heterocycles. The first-order valence-electron chi connectivity index (χ1n) is 4.88. The van der Waals surface area contributed by atoms with Crippen molar-refractivity contribution in [2.75, 3.05) is 13.7 Å². The molecule has 0 radical (unpaired) electrons. The number of aliphatic hydroxyl groups is 1. The summed E-state index contributed by atoms with van der Waals surface area (Å²) < 4.78 is 5.37. The molecule has 0 aromatic carbocycles. The van der Waals surface area contributed by atoms with Gasteiger partial charge in [0.1, 0.15) is 0 Å². The molecule has 0 spiro atoms. The Morgan fingerprint density at radius 3 is 2.58 bits per heavy atom. The zero-order valence-corrected chi connectivity index (χ0v) is 8.29. The summed E-state index contributed by atoms with van der Waals surface area (Å²) in [5.74, 6) is 1.88. The Morgan fingerprint density at radius 1 is 1.58 bits per heavy atom. The van der Waals surface area contributed by atoms with Crippen LogP contribution in [-0.4, -0.2) is 24.9 Å². The second-order valence-electron chi connectivity index (χ2n) is 3.88. The van der Waals surface area contributed by atoms with Crippen LogP contribution in [0.25, 0.3) is 0 Å². The van der Waals surface area contributed by atoms with Crippen LogP contribution in [0.4, 0.5) is 0 Å². The molecule has 2 nitrogen and oxygen atoms in total. The Labute approximate surface area is 74.9 Å². The molecule has 12 heavy (non-hydrogen) atoms. The van der Waals surface area contributed by atoms with Gasteiger partial charge in [0.2, 0.25) is 0 Å². The fraction of sp³-hybridized carbons (Fsp3) is 1.00. The number of ether oxygens (including phenoxy) is 1. The van der Waals surface area contributed by atoms with Crippen molar-refractivity contribution >= 4 is 0 Å². The van der Waals surface area contributed by atoms with Crippen molar-refractivity contribution in [2.24, 2.45) is 17.8 Å². The van der Waals surface area contributed by atoms with Crippen molar-refractivity contribution in [2.45, 2.75) is 32.8 Å². The van der Waals surface area contributed by atoms with Crippen LogP contribution in [0.3, 0.4) is 0 Å². The molecular formula is C10H20O2. The molecule has 72 valence electrons. The van der Waals surface area contributed by atoms with E-state index in [0.717, 1.165) is 6.42 Å². The summed E-state index contributed by atoms with van der Waals surface area (Å²) in [6, 6.07) is 0. The lowest BCUT2D eigenvalue weighted by atomic mass is 9.96. The van der Waals surface area contributed by atoms with E-state index in [-0.39, 0.29) is 0 Å². The second-order valence-corrected chi connectivity index (χ2v) is 3.88. The SMILES string of the molecule is CC[C@H](OC)[C@@H](C)[C@H]1C[C@@H]1CO. The van der Waals surface area contributed by atoms with E-state index in [2.05, 4.69) is 13.8 Å². The molecule has 0 heterocycles. The molecule has 1 saturated carbocycles. The Balaban J connectivity index is 2.32. The van der Waals surface area contributed by atoms with Crippen molar-refractivity contribution in [3.05, 3.63) is 0 Å². The molecule has 0 saturated heterocycles. The van der Waals surface area contributed by atoms with E-state index < -0.39 is 0 Å². The fourth-order valence-electron chi connectivity index (χ4n) is 2.15. The zero-order chi connectivity index (χ0) is 9.14. The quantitative estimate of drug-likeness (QED) is 0.683. The summed E-state index contributed by atoms with van der Waals surface area (Å²) in [7, 11) is 1.78. The summed E-state index contributed by atoms with van der Waals surface area (Å²) in [6.07, 6.45) is 2.65. The minimum absolute atomic E-state index is 0.356. The summed E-state index contributed by atoms with van der Waals surface area (Å²) in [6.45, 7) is 4.74. The van der Waals surface area contributed by atoms with Gasteiger partial charge in [-0.25, -0.2) is 0 Å². The Morgan fingerprint density at radius 2 is 2.25 bits per heavy atom. The van der Waals surface area contributed by atoms with Crippen LogP contribution in [0.5, 0.6) is 0 Å². The number of hydrogen-bond donors (Lipinski definition) is 1. The van der Waals surface area contributed by atoms with Gasteiger partial charge in [-0.15, -0.1) is 0 Å². The summed E-state index contributed by atoms with van der Waals surface area (Å²) in [4.78, 5) is 0. The van der Waals surface area contributed by atoms with E-state index in [1.54, 1.807) is 7.11 Å². The van der Waals surface area contributed by atoms with Crippen molar-refractivity contribution in [1.29, 1.82) is 0 Å². The Hall–Kier alpha value is -0.0800. The number of hydrogen-bond acceptors (Lipinski definition) is 2. The molecule has 0 bridgehead atoms. The average molecular weight is 172 g/mol. The average Bonchev–Trinajstić information content (AvgIpc) is 2.85. The van der Waals surface area contributed by atoms with E-state index in [4.69, 9.17) is 9.84 Å². The lowest BCUT2D eigenvalue weighted by Gasteiger charge is -2.21. The summed E-state index contributed by atoms with van der Waals surface area (Å²) in [5, 5.41) is 8.91. The molecule has 0 aromatic rings. The highest BCUT2D eigenvalue weighted by Crippen LogP contribution is 2.45. The first-order chi connectivity index (χ1) is 5.74. The molecule has 0 amide bonds. The van der Waals surface area contributed by atoms with E-state index >= 15 is 0 Å². The maximum atomic E-state index is 8.91.